The largest absolute Gasteiger partial charge is 0.311 e. The second-order valence-corrected chi connectivity index (χ2v) is 13.9. The lowest BCUT2D eigenvalue weighted by molar-refractivity contribution is 0.479. The molecule has 0 fully saturated rings. The van der Waals surface area contributed by atoms with Gasteiger partial charge in [0, 0.05) is 17.1 Å². The van der Waals surface area contributed by atoms with Crippen LogP contribution in [0.2, 0.25) is 0 Å². The van der Waals surface area contributed by atoms with Gasteiger partial charge in [-0.05, 0) is 76.7 Å². The van der Waals surface area contributed by atoms with E-state index in [2.05, 4.69) is 60.4 Å². The number of benzene rings is 5. The third-order valence-corrected chi connectivity index (χ3v) is 8.59. The lowest BCUT2D eigenvalue weighted by atomic mass is 10.1. The van der Waals surface area contributed by atoms with Crippen molar-refractivity contribution < 1.29 is 25.9 Å². The van der Waals surface area contributed by atoms with Crippen molar-refractivity contribution in [2.75, 3.05) is 4.90 Å². The number of hydrogen-bond acceptors (Lipinski definition) is 5. The van der Waals surface area contributed by atoms with E-state index in [0.29, 0.717) is 11.1 Å². The third kappa shape index (κ3) is 9.60. The normalized spacial score (nSPS) is 12.2. The predicted molar refractivity (Wildman–Crippen MR) is 187 cm³/mol. The lowest BCUT2D eigenvalue weighted by Crippen LogP contribution is -2.09. The quantitative estimate of drug-likeness (QED) is 0.109. The summed E-state index contributed by atoms with van der Waals surface area (Å²) in [6, 6.07) is 38.8. The Balaban J connectivity index is 1.33. The van der Waals surface area contributed by atoms with Crippen LogP contribution in [-0.2, 0) is 31.7 Å². The van der Waals surface area contributed by atoms with Crippen LogP contribution < -0.4 is 4.90 Å². The highest BCUT2D eigenvalue weighted by Gasteiger charge is 2.12. The molecule has 0 aliphatic rings. The molecule has 0 unspecified atom stereocenters. The van der Waals surface area contributed by atoms with Gasteiger partial charge in [0.05, 0.1) is 0 Å². The van der Waals surface area contributed by atoms with E-state index in [0.717, 1.165) is 39.3 Å². The summed E-state index contributed by atoms with van der Waals surface area (Å²) in [6.45, 7) is 2.06. The molecule has 234 valence electrons. The molecular weight excluding hydrogens is 619 g/mol. The molecule has 0 amide bonds. The highest BCUT2D eigenvalue weighted by atomic mass is 32.2. The second kappa shape index (κ2) is 14.1. The SMILES string of the molecule is Cc1ccc(N(c2ccc(/C=C/c3ccc(CS(=O)(=O)O)cc3)cc2)c2ccc(/C=C/c3ccc(CS(=O)(=O)O)cc3)cc2)cc1. The Morgan fingerprint density at radius 2 is 0.717 bits per heavy atom. The highest BCUT2D eigenvalue weighted by molar-refractivity contribution is 7.85. The highest BCUT2D eigenvalue weighted by Crippen LogP contribution is 2.35. The molecule has 5 aromatic rings. The number of aryl methyl sites for hydroxylation is 1. The molecule has 46 heavy (non-hydrogen) atoms. The number of anilines is 3. The van der Waals surface area contributed by atoms with Gasteiger partial charge in [-0.15, -0.1) is 0 Å². The molecular formula is C37H33NO6S2. The monoisotopic (exact) mass is 651 g/mol. The Kier molecular flexibility index (Phi) is 9.99. The number of nitrogens with zero attached hydrogens (tertiary/aromatic N) is 1. The van der Waals surface area contributed by atoms with Crippen molar-refractivity contribution >= 4 is 61.6 Å². The van der Waals surface area contributed by atoms with Crippen LogP contribution in [0.5, 0.6) is 0 Å². The molecule has 5 rings (SSSR count). The van der Waals surface area contributed by atoms with Gasteiger partial charge in [0.2, 0.25) is 0 Å². The van der Waals surface area contributed by atoms with Crippen molar-refractivity contribution in [3.05, 3.63) is 160 Å². The summed E-state index contributed by atoms with van der Waals surface area (Å²) in [5, 5.41) is 0. The first-order chi connectivity index (χ1) is 21.9. The maximum Gasteiger partial charge on any atom is 0.269 e. The summed E-state index contributed by atoms with van der Waals surface area (Å²) in [6.07, 6.45) is 7.87. The van der Waals surface area contributed by atoms with Gasteiger partial charge in [0.15, 0.2) is 0 Å². The second-order valence-electron chi connectivity index (χ2n) is 11.0. The Bertz CT molecular complexity index is 1920. The van der Waals surface area contributed by atoms with Crippen molar-refractivity contribution in [1.29, 1.82) is 0 Å². The van der Waals surface area contributed by atoms with E-state index in [9.17, 15) is 16.8 Å². The molecule has 0 radical (unpaired) electrons. The molecule has 2 N–H and O–H groups in total. The first-order valence-electron chi connectivity index (χ1n) is 14.4. The summed E-state index contributed by atoms with van der Waals surface area (Å²) in [5.41, 5.74) is 9.04. The van der Waals surface area contributed by atoms with Gasteiger partial charge in [-0.3, -0.25) is 9.11 Å². The molecule has 0 aliphatic carbocycles. The topological polar surface area (TPSA) is 112 Å². The summed E-state index contributed by atoms with van der Waals surface area (Å²) in [5.74, 6) is -0.818. The molecule has 0 heterocycles. The smallest absolute Gasteiger partial charge is 0.269 e. The summed E-state index contributed by atoms with van der Waals surface area (Å²) >= 11 is 0. The van der Waals surface area contributed by atoms with Crippen LogP contribution in [0.1, 0.15) is 38.9 Å². The molecule has 0 saturated carbocycles. The van der Waals surface area contributed by atoms with Crippen molar-refractivity contribution in [2.24, 2.45) is 0 Å². The number of rotatable bonds is 11. The van der Waals surface area contributed by atoms with Crippen molar-refractivity contribution in [3.63, 3.8) is 0 Å². The number of hydrogen-bond donors (Lipinski definition) is 2. The fourth-order valence-electron chi connectivity index (χ4n) is 4.87. The molecule has 9 heteroatoms. The zero-order chi connectivity index (χ0) is 32.7. The van der Waals surface area contributed by atoms with Gasteiger partial charge in [0.1, 0.15) is 11.5 Å². The summed E-state index contributed by atoms with van der Waals surface area (Å²) in [4.78, 5) is 2.18. The Hall–Kier alpha value is -4.80. The van der Waals surface area contributed by atoms with Gasteiger partial charge in [-0.1, -0.05) is 115 Å². The molecule has 5 aromatic carbocycles. The molecule has 0 aromatic heterocycles. The Morgan fingerprint density at radius 1 is 0.457 bits per heavy atom. The Labute approximate surface area is 270 Å². The zero-order valence-electron chi connectivity index (χ0n) is 25.1. The van der Waals surface area contributed by atoms with E-state index in [4.69, 9.17) is 9.11 Å². The van der Waals surface area contributed by atoms with Gasteiger partial charge >= 0.3 is 0 Å². The van der Waals surface area contributed by atoms with Crippen LogP contribution in [0.15, 0.2) is 121 Å². The van der Waals surface area contributed by atoms with Gasteiger partial charge < -0.3 is 4.90 Å². The predicted octanol–water partition coefficient (Wildman–Crippen LogP) is 8.58. The van der Waals surface area contributed by atoms with E-state index in [1.54, 1.807) is 24.3 Å². The zero-order valence-corrected chi connectivity index (χ0v) is 26.7. The first-order valence-corrected chi connectivity index (χ1v) is 17.6. The average molecular weight is 652 g/mol. The minimum Gasteiger partial charge on any atom is -0.311 e. The third-order valence-electron chi connectivity index (χ3n) is 7.19. The van der Waals surface area contributed by atoms with E-state index in [-0.39, 0.29) is 0 Å². The minimum atomic E-state index is -4.07. The van der Waals surface area contributed by atoms with E-state index in [1.165, 1.54) is 5.56 Å². The van der Waals surface area contributed by atoms with E-state index < -0.39 is 31.7 Å². The van der Waals surface area contributed by atoms with Crippen LogP contribution >= 0.6 is 0 Å². The van der Waals surface area contributed by atoms with Gasteiger partial charge in [-0.25, -0.2) is 0 Å². The van der Waals surface area contributed by atoms with Crippen LogP contribution in [0, 0.1) is 6.92 Å². The maximum absolute atomic E-state index is 11.1. The van der Waals surface area contributed by atoms with Gasteiger partial charge in [0.25, 0.3) is 20.2 Å². The van der Waals surface area contributed by atoms with Crippen LogP contribution in [0.3, 0.4) is 0 Å². The molecule has 0 aliphatic heterocycles. The van der Waals surface area contributed by atoms with Crippen molar-refractivity contribution in [2.45, 2.75) is 18.4 Å². The summed E-state index contributed by atoms with van der Waals surface area (Å²) < 4.78 is 62.6. The molecule has 0 atom stereocenters. The Morgan fingerprint density at radius 3 is 1.00 bits per heavy atom. The standard InChI is InChI=1S/C37H33NO6S2/c1-28-2-20-35(21-3-28)38(36-22-16-31(17-23-36)6-4-29-8-12-33(13-9-29)26-45(39,40)41)37-24-18-32(19-25-37)7-5-30-10-14-34(15-11-30)27-46(42,43)44/h2-25H,26-27H2,1H3,(H,39,40,41)(H,42,43,44)/b6-4+,7-5+. The fraction of sp³-hybridized carbons (Fsp3) is 0.0811. The summed E-state index contributed by atoms with van der Waals surface area (Å²) in [7, 11) is -8.13. The van der Waals surface area contributed by atoms with Crippen molar-refractivity contribution in [3.8, 4) is 0 Å². The van der Waals surface area contributed by atoms with Crippen molar-refractivity contribution in [1.82, 2.24) is 0 Å². The van der Waals surface area contributed by atoms with E-state index in [1.807, 2.05) is 72.8 Å². The van der Waals surface area contributed by atoms with E-state index >= 15 is 0 Å². The molecule has 0 bridgehead atoms. The lowest BCUT2D eigenvalue weighted by Gasteiger charge is -2.26. The molecule has 0 spiro atoms. The minimum absolute atomic E-state index is 0.409. The average Bonchev–Trinajstić information content (AvgIpc) is 3.01. The fourth-order valence-corrected chi connectivity index (χ4v) is 6.09. The van der Waals surface area contributed by atoms with Crippen LogP contribution in [0.4, 0.5) is 17.1 Å². The molecule has 0 saturated heterocycles. The maximum atomic E-state index is 11.1. The van der Waals surface area contributed by atoms with Crippen LogP contribution in [-0.4, -0.2) is 25.9 Å². The first kappa shape index (κ1) is 32.6. The van der Waals surface area contributed by atoms with Crippen LogP contribution in [0.25, 0.3) is 24.3 Å². The molecule has 7 nitrogen and oxygen atoms in total. The van der Waals surface area contributed by atoms with Gasteiger partial charge in [-0.2, -0.15) is 16.8 Å².